The minimum Gasteiger partial charge on any atom is -0.384 e. The zero-order chi connectivity index (χ0) is 21.8. The van der Waals surface area contributed by atoms with Gasteiger partial charge in [-0.1, -0.05) is 36.4 Å². The maximum absolute atomic E-state index is 13.2. The van der Waals surface area contributed by atoms with Crippen LogP contribution >= 0.6 is 0 Å². The molecule has 8 heteroatoms. The Morgan fingerprint density at radius 1 is 1.16 bits per heavy atom. The second kappa shape index (κ2) is 7.47. The number of hydrazine groups is 1. The summed E-state index contributed by atoms with van der Waals surface area (Å²) in [7, 11) is -0.309. The summed E-state index contributed by atoms with van der Waals surface area (Å²) in [5, 5.41) is 4.60. The number of amides is 1. The van der Waals surface area contributed by atoms with Crippen molar-refractivity contribution in [3.63, 3.8) is 0 Å². The Bertz CT molecular complexity index is 1160. The predicted octanol–water partition coefficient (Wildman–Crippen LogP) is 2.26. The van der Waals surface area contributed by atoms with E-state index in [9.17, 15) is 13.2 Å². The fourth-order valence-corrected chi connectivity index (χ4v) is 6.20. The number of nitrogens with one attached hydrogen (secondary N) is 2. The average molecular weight is 439 g/mol. The van der Waals surface area contributed by atoms with Crippen molar-refractivity contribution in [2.24, 2.45) is 5.92 Å². The Kier molecular flexibility index (Phi) is 4.88. The van der Waals surface area contributed by atoms with E-state index >= 15 is 0 Å². The lowest BCUT2D eigenvalue weighted by atomic mass is 9.74. The molecule has 2 N–H and O–H groups in total. The first-order chi connectivity index (χ1) is 14.8. The number of benzene rings is 2. The number of carbonyl (C=O) groups excluding carboxylic acids is 1. The van der Waals surface area contributed by atoms with Gasteiger partial charge < -0.3 is 5.32 Å². The molecule has 2 aromatic rings. The van der Waals surface area contributed by atoms with E-state index in [-0.39, 0.29) is 16.8 Å². The normalized spacial score (nSPS) is 24.6. The molecule has 7 nitrogen and oxygen atoms in total. The number of carbonyl (C=O) groups is 1. The molecule has 2 aromatic carbocycles. The predicted molar refractivity (Wildman–Crippen MR) is 120 cm³/mol. The van der Waals surface area contributed by atoms with Gasteiger partial charge in [-0.15, -0.1) is 4.83 Å². The second-order valence-electron chi connectivity index (χ2n) is 8.57. The van der Waals surface area contributed by atoms with E-state index in [4.69, 9.17) is 0 Å². The van der Waals surface area contributed by atoms with Crippen molar-refractivity contribution in [1.82, 2.24) is 14.7 Å². The molecule has 0 aromatic heterocycles. The van der Waals surface area contributed by atoms with Crippen molar-refractivity contribution < 1.29 is 13.2 Å². The fraction of sp³-hybridized carbons (Fsp3) is 0.348. The van der Waals surface area contributed by atoms with Crippen LogP contribution in [-0.4, -0.2) is 57.5 Å². The van der Waals surface area contributed by atoms with Gasteiger partial charge in [0.05, 0.1) is 10.8 Å². The van der Waals surface area contributed by atoms with Crippen LogP contribution in [0.1, 0.15) is 23.5 Å². The quantitative estimate of drug-likeness (QED) is 0.716. The smallest absolute Gasteiger partial charge is 0.257 e. The third-order valence-corrected chi connectivity index (χ3v) is 7.99. The average Bonchev–Trinajstić information content (AvgIpc) is 3.18. The maximum atomic E-state index is 13.2. The summed E-state index contributed by atoms with van der Waals surface area (Å²) in [6.45, 7) is 1.51. The SMILES string of the molecule is CN(NS(=O)(=O)c1ccccc1)C(=O)[C@@H]1C=C2c3cccc4c3C(CN4)C[C@H]2N(C)C1. The summed E-state index contributed by atoms with van der Waals surface area (Å²) >= 11 is 0. The number of rotatable bonds is 4. The van der Waals surface area contributed by atoms with Crippen molar-refractivity contribution in [1.29, 1.82) is 0 Å². The van der Waals surface area contributed by atoms with Crippen LogP contribution in [0.15, 0.2) is 59.5 Å². The first-order valence-corrected chi connectivity index (χ1v) is 12.0. The van der Waals surface area contributed by atoms with E-state index in [2.05, 4.69) is 33.2 Å². The minimum atomic E-state index is -3.82. The zero-order valence-electron chi connectivity index (χ0n) is 17.6. The van der Waals surface area contributed by atoms with Crippen molar-refractivity contribution in [2.75, 3.05) is 32.5 Å². The molecule has 1 unspecified atom stereocenters. The molecule has 1 aliphatic carbocycles. The summed E-state index contributed by atoms with van der Waals surface area (Å²) in [5.41, 5.74) is 4.92. The largest absolute Gasteiger partial charge is 0.384 e. The van der Waals surface area contributed by atoms with Gasteiger partial charge in [0.15, 0.2) is 0 Å². The van der Waals surface area contributed by atoms with Crippen molar-refractivity contribution in [2.45, 2.75) is 23.3 Å². The van der Waals surface area contributed by atoms with Gasteiger partial charge in [0.1, 0.15) is 0 Å². The van der Waals surface area contributed by atoms with Gasteiger partial charge in [-0.05, 0) is 48.4 Å². The Hall–Kier alpha value is -2.68. The Balaban J connectivity index is 1.42. The number of fused-ring (bicyclic) bond motifs is 2. The summed E-state index contributed by atoms with van der Waals surface area (Å²) in [4.78, 5) is 18.0. The van der Waals surface area contributed by atoms with Crippen LogP contribution in [0.5, 0.6) is 0 Å². The molecular formula is C23H26N4O3S. The van der Waals surface area contributed by atoms with E-state index in [0.717, 1.165) is 18.0 Å². The zero-order valence-corrected chi connectivity index (χ0v) is 18.4. The fourth-order valence-electron chi connectivity index (χ4n) is 5.12. The third-order valence-electron chi connectivity index (χ3n) is 6.59. The Labute approximate surface area is 182 Å². The molecule has 0 fully saturated rings. The van der Waals surface area contributed by atoms with Crippen molar-refractivity contribution in [3.8, 4) is 0 Å². The summed E-state index contributed by atoms with van der Waals surface area (Å²) in [6.07, 6.45) is 3.07. The van der Waals surface area contributed by atoms with Crippen LogP contribution in [-0.2, 0) is 14.8 Å². The molecule has 5 rings (SSSR count). The lowest BCUT2D eigenvalue weighted by Gasteiger charge is -2.42. The number of hydrogen-bond donors (Lipinski definition) is 2. The van der Waals surface area contributed by atoms with E-state index < -0.39 is 15.9 Å². The molecule has 3 atom stereocenters. The molecule has 162 valence electrons. The van der Waals surface area contributed by atoms with Gasteiger partial charge >= 0.3 is 0 Å². The van der Waals surface area contributed by atoms with Gasteiger partial charge in [-0.3, -0.25) is 14.7 Å². The van der Waals surface area contributed by atoms with Gasteiger partial charge in [-0.2, -0.15) is 0 Å². The van der Waals surface area contributed by atoms with Gasteiger partial charge in [0.25, 0.3) is 10.0 Å². The monoisotopic (exact) mass is 438 g/mol. The summed E-state index contributed by atoms with van der Waals surface area (Å²) in [6, 6.07) is 14.6. The molecule has 31 heavy (non-hydrogen) atoms. The Morgan fingerprint density at radius 3 is 2.71 bits per heavy atom. The standard InChI is InChI=1S/C23H26N4O3S/c1-26-14-16(23(28)27(2)25-31(29,30)17-7-4-3-5-8-17)11-19-18-9-6-10-20-22(18)15(13-24-20)12-21(19)26/h3-11,15-16,21,24-25H,12-14H2,1-2H3/t15?,16-,21-/m1/s1. The van der Waals surface area contributed by atoms with E-state index in [0.29, 0.717) is 12.5 Å². The third kappa shape index (κ3) is 3.44. The second-order valence-corrected chi connectivity index (χ2v) is 10.2. The molecule has 0 saturated carbocycles. The molecule has 0 bridgehead atoms. The number of hydrogen-bond acceptors (Lipinski definition) is 5. The van der Waals surface area contributed by atoms with Crippen LogP contribution in [0.4, 0.5) is 5.69 Å². The summed E-state index contributed by atoms with van der Waals surface area (Å²) in [5.74, 6) is -0.213. The number of anilines is 1. The van der Waals surface area contributed by atoms with Gasteiger partial charge in [0, 0.05) is 37.8 Å². The Morgan fingerprint density at radius 2 is 1.94 bits per heavy atom. The van der Waals surface area contributed by atoms with E-state index in [1.54, 1.807) is 18.2 Å². The number of sulfonamides is 1. The molecule has 3 aliphatic rings. The highest BCUT2D eigenvalue weighted by molar-refractivity contribution is 7.89. The number of nitrogens with zero attached hydrogens (tertiary/aromatic N) is 2. The highest BCUT2D eigenvalue weighted by Crippen LogP contribution is 2.48. The van der Waals surface area contributed by atoms with E-state index in [1.807, 2.05) is 13.1 Å². The van der Waals surface area contributed by atoms with Crippen molar-refractivity contribution in [3.05, 3.63) is 65.7 Å². The molecular weight excluding hydrogens is 412 g/mol. The topological polar surface area (TPSA) is 81.8 Å². The first-order valence-electron chi connectivity index (χ1n) is 10.5. The molecule has 0 saturated heterocycles. The molecule has 2 heterocycles. The summed E-state index contributed by atoms with van der Waals surface area (Å²) < 4.78 is 25.3. The van der Waals surface area contributed by atoms with Crippen LogP contribution in [0.3, 0.4) is 0 Å². The first kappa shape index (κ1) is 20.2. The maximum Gasteiger partial charge on any atom is 0.257 e. The minimum absolute atomic E-state index is 0.125. The van der Waals surface area contributed by atoms with Crippen molar-refractivity contribution >= 4 is 27.2 Å². The number of likely N-dealkylation sites (N-methyl/N-ethyl adjacent to an activating group) is 1. The van der Waals surface area contributed by atoms with E-state index in [1.165, 1.54) is 41.6 Å². The van der Waals surface area contributed by atoms with Gasteiger partial charge in [0.2, 0.25) is 5.91 Å². The van der Waals surface area contributed by atoms with Crippen LogP contribution in [0.25, 0.3) is 5.57 Å². The lowest BCUT2D eigenvalue weighted by Crippen LogP contribution is -2.51. The van der Waals surface area contributed by atoms with Crippen LogP contribution in [0, 0.1) is 5.92 Å². The molecule has 2 aliphatic heterocycles. The van der Waals surface area contributed by atoms with Crippen LogP contribution < -0.4 is 10.1 Å². The lowest BCUT2D eigenvalue weighted by molar-refractivity contribution is -0.134. The van der Waals surface area contributed by atoms with Gasteiger partial charge in [-0.25, -0.2) is 8.42 Å². The molecule has 1 amide bonds. The van der Waals surface area contributed by atoms with Crippen LogP contribution in [0.2, 0.25) is 0 Å². The highest BCUT2D eigenvalue weighted by atomic mass is 32.2. The molecule has 0 spiro atoms. The highest BCUT2D eigenvalue weighted by Gasteiger charge is 2.41. The molecule has 0 radical (unpaired) electrons.